The van der Waals surface area contributed by atoms with E-state index < -0.39 is 36.3 Å². The Bertz CT molecular complexity index is 1420. The van der Waals surface area contributed by atoms with Gasteiger partial charge in [0.05, 0.1) is 18.9 Å². The number of carbonyl (C=O) groups excluding carboxylic acids is 4. The number of likely N-dealkylation sites (N-methyl/N-ethyl adjacent to an activating group) is 1. The Morgan fingerprint density at radius 3 is 2.31 bits per heavy atom. The average molecular weight is 485 g/mol. The molecule has 2 aliphatic rings. The molecule has 0 N–H and O–H groups in total. The summed E-state index contributed by atoms with van der Waals surface area (Å²) in [5, 5.41) is 8.09. The van der Waals surface area contributed by atoms with Crippen LogP contribution in [0.15, 0.2) is 71.8 Å². The van der Waals surface area contributed by atoms with Gasteiger partial charge in [0.25, 0.3) is 5.91 Å². The molecule has 0 aromatic heterocycles. The van der Waals surface area contributed by atoms with Crippen molar-refractivity contribution in [3.63, 3.8) is 0 Å². The van der Waals surface area contributed by atoms with Gasteiger partial charge < -0.3 is 4.74 Å². The van der Waals surface area contributed by atoms with E-state index in [0.717, 1.165) is 26.8 Å². The zero-order chi connectivity index (χ0) is 25.4. The van der Waals surface area contributed by atoms with Crippen molar-refractivity contribution in [3.8, 4) is 5.75 Å². The number of nitrogens with zero attached hydrogens (tertiary/aromatic N) is 4. The molecule has 3 aromatic rings. The van der Waals surface area contributed by atoms with Crippen molar-refractivity contribution in [2.75, 3.05) is 20.2 Å². The lowest BCUT2D eigenvalue weighted by Gasteiger charge is -2.24. The molecule has 1 fully saturated rings. The molecule has 0 bridgehead atoms. The van der Waals surface area contributed by atoms with Crippen LogP contribution in [0.25, 0.3) is 10.8 Å². The summed E-state index contributed by atoms with van der Waals surface area (Å²) in [5.41, 5.74) is 2.41. The van der Waals surface area contributed by atoms with Gasteiger partial charge in [0.15, 0.2) is 0 Å². The smallest absolute Gasteiger partial charge is 0.334 e. The van der Waals surface area contributed by atoms with Crippen LogP contribution in [0, 0.1) is 0 Å². The fourth-order valence-electron chi connectivity index (χ4n) is 4.55. The quantitative estimate of drug-likeness (QED) is 0.395. The molecule has 9 heteroatoms. The number of methoxy groups -OCH3 is 1. The molecule has 5 amide bonds. The molecule has 1 saturated heterocycles. The Labute approximate surface area is 207 Å². The number of hydrazone groups is 1. The molecule has 3 aromatic carbocycles. The van der Waals surface area contributed by atoms with Crippen molar-refractivity contribution < 1.29 is 23.9 Å². The maximum atomic E-state index is 13.4. The summed E-state index contributed by atoms with van der Waals surface area (Å²) in [6, 6.07) is 20.1. The molecule has 2 aliphatic heterocycles. The molecule has 1 unspecified atom stereocenters. The molecule has 0 radical (unpaired) electrons. The molecule has 5 rings (SSSR count). The largest absolute Gasteiger partial charge is 0.497 e. The van der Waals surface area contributed by atoms with Gasteiger partial charge in [0, 0.05) is 13.0 Å². The molecule has 2 heterocycles. The number of fused-ring (bicyclic) bond motifs is 1. The summed E-state index contributed by atoms with van der Waals surface area (Å²) in [4.78, 5) is 51.9. The van der Waals surface area contributed by atoms with Gasteiger partial charge in [0.2, 0.25) is 0 Å². The Kier molecular flexibility index (Phi) is 5.97. The van der Waals surface area contributed by atoms with Gasteiger partial charge in [-0.05, 0) is 47.0 Å². The topological polar surface area (TPSA) is 99.6 Å². The second kappa shape index (κ2) is 9.26. The molecule has 0 saturated carbocycles. The predicted molar refractivity (Wildman–Crippen MR) is 132 cm³/mol. The standard InChI is InChI=1S/C27H24N4O5/c1-3-29-25(33)26(34)30(27(29)35)16-24(32)31-23(18-10-12-21(36-2)13-11-18)15-22(28-31)20-9-8-17-6-4-5-7-19(17)14-20/h4-14,23H,3,15-16H2,1-2H3. The van der Waals surface area contributed by atoms with Crippen LogP contribution in [0.2, 0.25) is 0 Å². The molecule has 9 nitrogen and oxygen atoms in total. The number of rotatable bonds is 6. The number of imide groups is 2. The highest BCUT2D eigenvalue weighted by molar-refractivity contribution is 6.45. The molecule has 182 valence electrons. The number of benzene rings is 3. The van der Waals surface area contributed by atoms with E-state index in [1.54, 1.807) is 26.2 Å². The first-order valence-electron chi connectivity index (χ1n) is 11.6. The van der Waals surface area contributed by atoms with Crippen LogP contribution in [0.1, 0.15) is 30.5 Å². The molecule has 0 spiro atoms. The maximum Gasteiger partial charge on any atom is 0.334 e. The van der Waals surface area contributed by atoms with Crippen molar-refractivity contribution in [2.24, 2.45) is 5.10 Å². The van der Waals surface area contributed by atoms with Crippen LogP contribution < -0.4 is 4.74 Å². The van der Waals surface area contributed by atoms with E-state index in [-0.39, 0.29) is 6.54 Å². The first-order valence-corrected chi connectivity index (χ1v) is 11.6. The van der Waals surface area contributed by atoms with Crippen molar-refractivity contribution in [2.45, 2.75) is 19.4 Å². The molecule has 36 heavy (non-hydrogen) atoms. The number of hydrogen-bond acceptors (Lipinski definition) is 6. The monoisotopic (exact) mass is 484 g/mol. The molecule has 1 atom stereocenters. The second-order valence-corrected chi connectivity index (χ2v) is 8.56. The van der Waals surface area contributed by atoms with Gasteiger partial charge >= 0.3 is 17.8 Å². The third-order valence-corrected chi connectivity index (χ3v) is 6.49. The van der Waals surface area contributed by atoms with E-state index >= 15 is 0 Å². The van der Waals surface area contributed by atoms with E-state index in [9.17, 15) is 19.2 Å². The molecular weight excluding hydrogens is 460 g/mol. The predicted octanol–water partition coefficient (Wildman–Crippen LogP) is 3.34. The zero-order valence-corrected chi connectivity index (χ0v) is 19.9. The van der Waals surface area contributed by atoms with E-state index in [2.05, 4.69) is 5.10 Å². The number of urea groups is 1. The molecular formula is C27H24N4O5. The average Bonchev–Trinajstić information content (AvgIpc) is 3.44. The third-order valence-electron chi connectivity index (χ3n) is 6.49. The Morgan fingerprint density at radius 2 is 1.64 bits per heavy atom. The maximum absolute atomic E-state index is 13.4. The van der Waals surface area contributed by atoms with Crippen LogP contribution in [0.4, 0.5) is 4.79 Å². The van der Waals surface area contributed by atoms with E-state index in [4.69, 9.17) is 4.74 Å². The Hall–Kier alpha value is -4.53. The number of hydrogen-bond donors (Lipinski definition) is 0. The summed E-state index contributed by atoms with van der Waals surface area (Å²) in [6.07, 6.45) is 0.443. The zero-order valence-electron chi connectivity index (χ0n) is 19.9. The van der Waals surface area contributed by atoms with Crippen molar-refractivity contribution >= 4 is 40.2 Å². The van der Waals surface area contributed by atoms with Gasteiger partial charge in [-0.15, -0.1) is 0 Å². The highest BCUT2D eigenvalue weighted by atomic mass is 16.5. The van der Waals surface area contributed by atoms with E-state index in [0.29, 0.717) is 22.8 Å². The van der Waals surface area contributed by atoms with Gasteiger partial charge in [-0.2, -0.15) is 5.10 Å². The van der Waals surface area contributed by atoms with Crippen LogP contribution in [0.5, 0.6) is 5.75 Å². The van der Waals surface area contributed by atoms with Gasteiger partial charge in [-0.1, -0.05) is 48.5 Å². The highest BCUT2D eigenvalue weighted by Crippen LogP contribution is 2.34. The van der Waals surface area contributed by atoms with E-state index in [1.165, 1.54) is 5.01 Å². The highest BCUT2D eigenvalue weighted by Gasteiger charge is 2.45. The molecule has 0 aliphatic carbocycles. The number of carbonyl (C=O) groups is 4. The summed E-state index contributed by atoms with van der Waals surface area (Å²) in [7, 11) is 1.58. The lowest BCUT2D eigenvalue weighted by Crippen LogP contribution is -2.42. The SMILES string of the molecule is CCN1C(=O)C(=O)N(CC(=O)N2N=C(c3ccc4ccccc4c3)CC2c2ccc(OC)cc2)C1=O. The number of ether oxygens (including phenoxy) is 1. The summed E-state index contributed by atoms with van der Waals surface area (Å²) in [6.45, 7) is 1.08. The van der Waals surface area contributed by atoms with Crippen LogP contribution in [0.3, 0.4) is 0 Å². The van der Waals surface area contributed by atoms with Gasteiger partial charge in [-0.25, -0.2) is 14.7 Å². The lowest BCUT2D eigenvalue weighted by atomic mass is 9.97. The summed E-state index contributed by atoms with van der Waals surface area (Å²) in [5.74, 6) is -1.81. The van der Waals surface area contributed by atoms with Crippen LogP contribution in [-0.2, 0) is 14.4 Å². The van der Waals surface area contributed by atoms with Crippen molar-refractivity contribution in [1.82, 2.24) is 14.8 Å². The van der Waals surface area contributed by atoms with Gasteiger partial charge in [-0.3, -0.25) is 19.3 Å². The first kappa shape index (κ1) is 23.2. The fraction of sp³-hybridized carbons (Fsp3) is 0.222. The Balaban J connectivity index is 1.48. The minimum Gasteiger partial charge on any atom is -0.497 e. The van der Waals surface area contributed by atoms with Crippen LogP contribution >= 0.6 is 0 Å². The van der Waals surface area contributed by atoms with Crippen molar-refractivity contribution in [3.05, 3.63) is 77.9 Å². The van der Waals surface area contributed by atoms with Crippen molar-refractivity contribution in [1.29, 1.82) is 0 Å². The minimum atomic E-state index is -1.01. The summed E-state index contributed by atoms with van der Waals surface area (Å²) < 4.78 is 5.25. The van der Waals surface area contributed by atoms with Crippen LogP contribution in [-0.4, -0.2) is 64.5 Å². The summed E-state index contributed by atoms with van der Waals surface area (Å²) >= 11 is 0. The number of amides is 5. The second-order valence-electron chi connectivity index (χ2n) is 8.56. The van der Waals surface area contributed by atoms with Gasteiger partial charge in [0.1, 0.15) is 12.3 Å². The lowest BCUT2D eigenvalue weighted by molar-refractivity contribution is -0.145. The minimum absolute atomic E-state index is 0.0521. The first-order chi connectivity index (χ1) is 17.4. The normalized spacial score (nSPS) is 17.8. The Morgan fingerprint density at radius 1 is 0.944 bits per heavy atom. The fourth-order valence-corrected chi connectivity index (χ4v) is 4.55. The third kappa shape index (κ3) is 3.98. The van der Waals surface area contributed by atoms with E-state index in [1.807, 2.05) is 54.6 Å².